The van der Waals surface area contributed by atoms with Crippen molar-refractivity contribution in [2.45, 2.75) is 13.1 Å². The second kappa shape index (κ2) is 6.68. The van der Waals surface area contributed by atoms with Gasteiger partial charge in [0.05, 0.1) is 11.3 Å². The molecule has 0 aromatic heterocycles. The average molecular weight is 326 g/mol. The Balaban J connectivity index is 2.29. The summed E-state index contributed by atoms with van der Waals surface area (Å²) >= 11 is 0. The molecule has 0 spiro atoms. The Hall–Kier alpha value is -2.57. The Morgan fingerprint density at radius 3 is 2.26 bits per heavy atom. The van der Waals surface area contributed by atoms with Gasteiger partial charge in [-0.25, -0.2) is 9.18 Å². The Bertz CT molecular complexity index is 683. The van der Waals surface area contributed by atoms with Crippen LogP contribution >= 0.6 is 0 Å². The lowest BCUT2D eigenvalue weighted by Gasteiger charge is -2.25. The maximum absolute atomic E-state index is 13.1. The minimum atomic E-state index is -4.57. The van der Waals surface area contributed by atoms with Crippen molar-refractivity contribution in [3.63, 3.8) is 0 Å². The van der Waals surface area contributed by atoms with E-state index in [1.807, 2.05) is 0 Å². The van der Waals surface area contributed by atoms with Crippen molar-refractivity contribution in [1.29, 1.82) is 0 Å². The van der Waals surface area contributed by atoms with E-state index >= 15 is 0 Å². The fourth-order valence-electron chi connectivity index (χ4n) is 2.10. The van der Waals surface area contributed by atoms with Crippen LogP contribution in [0.1, 0.15) is 12.5 Å². The first kappa shape index (κ1) is 16.8. The van der Waals surface area contributed by atoms with Crippen LogP contribution in [0.3, 0.4) is 0 Å². The molecule has 3 nitrogen and oxygen atoms in total. The number of rotatable bonds is 3. The smallest absolute Gasteiger partial charge is 0.308 e. The molecule has 2 amide bonds. The van der Waals surface area contributed by atoms with Gasteiger partial charge in [0.25, 0.3) is 0 Å². The maximum atomic E-state index is 13.1. The number of nitrogens with zero attached hydrogens (tertiary/aromatic N) is 1. The van der Waals surface area contributed by atoms with Crippen LogP contribution in [0.2, 0.25) is 0 Å². The maximum Gasteiger partial charge on any atom is 0.418 e. The van der Waals surface area contributed by atoms with Crippen LogP contribution in [0.15, 0.2) is 48.5 Å². The van der Waals surface area contributed by atoms with Gasteiger partial charge in [-0.3, -0.25) is 4.90 Å². The number of amides is 2. The number of halogens is 4. The Labute approximate surface area is 130 Å². The first-order valence-electron chi connectivity index (χ1n) is 6.83. The van der Waals surface area contributed by atoms with Crippen LogP contribution in [0.5, 0.6) is 0 Å². The Morgan fingerprint density at radius 1 is 1.09 bits per heavy atom. The molecule has 0 fully saturated rings. The molecule has 0 atom stereocenters. The van der Waals surface area contributed by atoms with Gasteiger partial charge in [0, 0.05) is 12.2 Å². The van der Waals surface area contributed by atoms with E-state index in [1.165, 1.54) is 30.3 Å². The summed E-state index contributed by atoms with van der Waals surface area (Å²) in [6, 6.07) is 9.07. The number of hydrogen-bond donors (Lipinski definition) is 1. The Kier molecular flexibility index (Phi) is 4.88. The van der Waals surface area contributed by atoms with E-state index in [0.717, 1.165) is 23.1 Å². The second-order valence-electron chi connectivity index (χ2n) is 4.70. The summed E-state index contributed by atoms with van der Waals surface area (Å²) < 4.78 is 52.1. The van der Waals surface area contributed by atoms with Gasteiger partial charge in [0.1, 0.15) is 5.82 Å². The molecule has 0 heterocycles. The molecule has 0 aliphatic rings. The van der Waals surface area contributed by atoms with Crippen molar-refractivity contribution in [3.8, 4) is 0 Å². The standard InChI is InChI=1S/C16H14F4N2O/c1-2-22(14-6-4-3-5-13(14)16(18,19)20)15(23)21-12-9-7-11(17)8-10-12/h3-10H,2H2,1H3,(H,21,23). The van der Waals surface area contributed by atoms with Crippen molar-refractivity contribution < 1.29 is 22.4 Å². The lowest BCUT2D eigenvalue weighted by atomic mass is 10.1. The molecule has 0 saturated carbocycles. The lowest BCUT2D eigenvalue weighted by Crippen LogP contribution is -2.36. The van der Waals surface area contributed by atoms with E-state index < -0.39 is 23.6 Å². The minimum absolute atomic E-state index is 0.0418. The summed E-state index contributed by atoms with van der Waals surface area (Å²) in [5, 5.41) is 2.45. The highest BCUT2D eigenvalue weighted by molar-refractivity contribution is 6.02. The predicted octanol–water partition coefficient (Wildman–Crippen LogP) is 4.90. The highest BCUT2D eigenvalue weighted by Gasteiger charge is 2.35. The van der Waals surface area contributed by atoms with Crippen LogP contribution < -0.4 is 10.2 Å². The molecule has 1 N–H and O–H groups in total. The van der Waals surface area contributed by atoms with Crippen molar-refractivity contribution in [2.24, 2.45) is 0 Å². The molecule has 0 radical (unpaired) electrons. The summed E-state index contributed by atoms with van der Waals surface area (Å²) in [4.78, 5) is 13.2. The predicted molar refractivity (Wildman–Crippen MR) is 79.9 cm³/mol. The summed E-state index contributed by atoms with van der Waals surface area (Å²) in [5.74, 6) is -0.474. The zero-order valence-electron chi connectivity index (χ0n) is 12.2. The molecule has 23 heavy (non-hydrogen) atoms. The van der Waals surface area contributed by atoms with E-state index in [0.29, 0.717) is 5.69 Å². The molecule has 0 aliphatic heterocycles. The number of hydrogen-bond acceptors (Lipinski definition) is 1. The Morgan fingerprint density at radius 2 is 1.70 bits per heavy atom. The largest absolute Gasteiger partial charge is 0.418 e. The molecule has 0 bridgehead atoms. The minimum Gasteiger partial charge on any atom is -0.308 e. The van der Waals surface area contributed by atoms with Crippen LogP contribution in [0, 0.1) is 5.82 Å². The van der Waals surface area contributed by atoms with Gasteiger partial charge in [-0.2, -0.15) is 13.2 Å². The number of anilines is 2. The third kappa shape index (κ3) is 4.00. The number of urea groups is 1. The van der Waals surface area contributed by atoms with Gasteiger partial charge in [-0.1, -0.05) is 12.1 Å². The quantitative estimate of drug-likeness (QED) is 0.799. The molecular weight excluding hydrogens is 312 g/mol. The molecule has 122 valence electrons. The van der Waals surface area contributed by atoms with Crippen molar-refractivity contribution >= 4 is 17.4 Å². The average Bonchev–Trinajstić information content (AvgIpc) is 2.50. The molecule has 0 unspecified atom stereocenters. The van der Waals surface area contributed by atoms with Gasteiger partial charge in [0.2, 0.25) is 0 Å². The second-order valence-corrected chi connectivity index (χ2v) is 4.70. The fourth-order valence-corrected chi connectivity index (χ4v) is 2.10. The first-order valence-corrected chi connectivity index (χ1v) is 6.83. The SMILES string of the molecule is CCN(C(=O)Nc1ccc(F)cc1)c1ccccc1C(F)(F)F. The van der Waals surface area contributed by atoms with Crippen LogP contribution in [-0.2, 0) is 6.18 Å². The number of alkyl halides is 3. The molecular formula is C16H14F4N2O. The summed E-state index contributed by atoms with van der Waals surface area (Å²) in [6.07, 6.45) is -4.57. The number of para-hydroxylation sites is 1. The van der Waals surface area contributed by atoms with E-state index in [-0.39, 0.29) is 12.2 Å². The van der Waals surface area contributed by atoms with Crippen molar-refractivity contribution in [2.75, 3.05) is 16.8 Å². The summed E-state index contributed by atoms with van der Waals surface area (Å²) in [7, 11) is 0. The molecule has 7 heteroatoms. The normalized spacial score (nSPS) is 11.2. The third-order valence-corrected chi connectivity index (χ3v) is 3.16. The molecule has 2 aromatic carbocycles. The first-order chi connectivity index (χ1) is 10.8. The number of carbonyl (C=O) groups excluding carboxylic acids is 1. The topological polar surface area (TPSA) is 32.3 Å². The highest BCUT2D eigenvalue weighted by atomic mass is 19.4. The van der Waals surface area contributed by atoms with Crippen LogP contribution in [-0.4, -0.2) is 12.6 Å². The number of carbonyl (C=O) groups is 1. The molecule has 0 aliphatic carbocycles. The monoisotopic (exact) mass is 326 g/mol. The summed E-state index contributed by atoms with van der Waals surface area (Å²) in [5.41, 5.74) is -0.836. The van der Waals surface area contributed by atoms with Crippen molar-refractivity contribution in [1.82, 2.24) is 0 Å². The van der Waals surface area contributed by atoms with Gasteiger partial charge in [-0.15, -0.1) is 0 Å². The third-order valence-electron chi connectivity index (χ3n) is 3.16. The molecule has 0 saturated heterocycles. The number of nitrogens with one attached hydrogen (secondary N) is 1. The molecule has 2 rings (SSSR count). The van der Waals surface area contributed by atoms with Gasteiger partial charge < -0.3 is 5.32 Å². The van der Waals surface area contributed by atoms with Gasteiger partial charge in [0.15, 0.2) is 0 Å². The number of benzene rings is 2. The highest BCUT2D eigenvalue weighted by Crippen LogP contribution is 2.36. The van der Waals surface area contributed by atoms with E-state index in [1.54, 1.807) is 6.92 Å². The van der Waals surface area contributed by atoms with E-state index in [2.05, 4.69) is 5.32 Å². The van der Waals surface area contributed by atoms with E-state index in [4.69, 9.17) is 0 Å². The lowest BCUT2D eigenvalue weighted by molar-refractivity contribution is -0.137. The van der Waals surface area contributed by atoms with Crippen molar-refractivity contribution in [3.05, 3.63) is 59.9 Å². The van der Waals surface area contributed by atoms with E-state index in [9.17, 15) is 22.4 Å². The van der Waals surface area contributed by atoms with Gasteiger partial charge in [-0.05, 0) is 43.3 Å². The zero-order chi connectivity index (χ0) is 17.0. The zero-order valence-corrected chi connectivity index (χ0v) is 12.2. The summed E-state index contributed by atoms with van der Waals surface area (Å²) in [6.45, 7) is 1.61. The van der Waals surface area contributed by atoms with Crippen LogP contribution in [0.25, 0.3) is 0 Å². The fraction of sp³-hybridized carbons (Fsp3) is 0.188. The van der Waals surface area contributed by atoms with Crippen LogP contribution in [0.4, 0.5) is 33.7 Å². The molecule has 2 aromatic rings. The van der Waals surface area contributed by atoms with Gasteiger partial charge >= 0.3 is 12.2 Å².